The van der Waals surface area contributed by atoms with Crippen LogP contribution in [0, 0.1) is 70.2 Å². The molecule has 0 bridgehead atoms. The normalized spacial score (nSPS) is 7.30. The standard InChI is InChI=1S/C13H12.C12H10.2C10H14.10C2H6.2CH3.2Y/c1-3-7-12(8-4-1)11-13-9-5-2-6-10-13;1-3-7-11(8-4-1)12-9-5-2-6-10-12;1-7-5-9(3)10(4)6-8(7)2;1-7-5-6-8(2)10(4)9(7)3;10*1-2;;;;/h1-10H,11H2;1-10H;2*5-6H,1-4H3;10*1-2H3;2*1H3;;/q;;;;;;;;;;;;;;2*-1;;. The summed E-state index contributed by atoms with van der Waals surface area (Å²) in [4.78, 5) is 0. The fraction of sp³-hybridized carbons (Fsp3) is 0.433. The molecule has 0 N–H and O–H groups in total. The first kappa shape index (κ1) is 96.1. The van der Waals surface area contributed by atoms with E-state index in [1.807, 2.05) is 151 Å². The van der Waals surface area contributed by atoms with Crippen LogP contribution in [-0.2, 0) is 71.8 Å². The van der Waals surface area contributed by atoms with Crippen LogP contribution in [0.25, 0.3) is 11.1 Å². The Bertz CT molecular complexity index is 1560. The first-order valence-electron chi connectivity index (χ1n) is 25.9. The average Bonchev–Trinajstić information content (AvgIpc) is 3.41. The van der Waals surface area contributed by atoms with Crippen LogP contribution < -0.4 is 0 Å². The Balaban J connectivity index is -0.0000000551. The van der Waals surface area contributed by atoms with Crippen molar-refractivity contribution in [3.8, 4) is 11.1 Å². The zero-order valence-electron chi connectivity index (χ0n) is 51.7. The summed E-state index contributed by atoms with van der Waals surface area (Å²) in [6, 6.07) is 50.7. The van der Waals surface area contributed by atoms with Crippen molar-refractivity contribution in [3.63, 3.8) is 0 Å². The van der Waals surface area contributed by atoms with Crippen molar-refractivity contribution in [3.05, 3.63) is 216 Å². The second kappa shape index (κ2) is 79.7. The number of aryl methyl sites for hydroxylation is 6. The summed E-state index contributed by atoms with van der Waals surface area (Å²) in [6.45, 7) is 57.3. The van der Waals surface area contributed by atoms with Gasteiger partial charge in [0, 0.05) is 65.4 Å². The maximum atomic E-state index is 2.24. The molecule has 0 saturated carbocycles. The van der Waals surface area contributed by atoms with Gasteiger partial charge in [-0.15, -0.1) is 0 Å². The molecule has 0 aliphatic rings. The predicted molar refractivity (Wildman–Crippen MR) is 325 cm³/mol. The molecule has 0 spiro atoms. The van der Waals surface area contributed by atoms with Crippen molar-refractivity contribution in [2.45, 2.75) is 200 Å². The van der Waals surface area contributed by atoms with Crippen molar-refractivity contribution in [1.82, 2.24) is 0 Å². The summed E-state index contributed by atoms with van der Waals surface area (Å²) >= 11 is 0. The fourth-order valence-electron chi connectivity index (χ4n) is 4.88. The van der Waals surface area contributed by atoms with Crippen molar-refractivity contribution >= 4 is 0 Å². The van der Waals surface area contributed by atoms with E-state index in [9.17, 15) is 0 Å². The Labute approximate surface area is 488 Å². The molecule has 6 rings (SSSR count). The molecule has 0 aliphatic carbocycles. The minimum absolute atomic E-state index is 0. The van der Waals surface area contributed by atoms with Gasteiger partial charge < -0.3 is 14.9 Å². The van der Waals surface area contributed by atoms with E-state index in [1.165, 1.54) is 66.8 Å². The summed E-state index contributed by atoms with van der Waals surface area (Å²) in [5.74, 6) is 0. The Morgan fingerprint density at radius 3 is 0.594 bits per heavy atom. The van der Waals surface area contributed by atoms with Crippen LogP contribution in [0.4, 0.5) is 0 Å². The number of hydrogen-bond donors (Lipinski definition) is 0. The van der Waals surface area contributed by atoms with E-state index in [2.05, 4.69) is 189 Å². The van der Waals surface area contributed by atoms with Crippen LogP contribution in [0.3, 0.4) is 0 Å². The summed E-state index contributed by atoms with van der Waals surface area (Å²) in [5.41, 5.74) is 16.5. The molecule has 0 fully saturated rings. The predicted octanol–water partition coefficient (Wildman–Crippen LogP) is 23.6. The molecule has 0 unspecified atom stereocenters. The van der Waals surface area contributed by atoms with Crippen LogP contribution in [0.1, 0.15) is 194 Å². The molecule has 0 nitrogen and oxygen atoms in total. The quantitative estimate of drug-likeness (QED) is 0.155. The summed E-state index contributed by atoms with van der Waals surface area (Å²) < 4.78 is 0. The monoisotopic (exact) mass is 1100 g/mol. The zero-order valence-corrected chi connectivity index (χ0v) is 57.4. The molecule has 0 saturated heterocycles. The largest absolute Gasteiger partial charge is 0.358 e. The van der Waals surface area contributed by atoms with E-state index in [0.29, 0.717) is 0 Å². The Hall–Kier alpha value is -2.47. The molecular formula is C67H116Y2-2. The molecule has 2 radical (unpaired) electrons. The van der Waals surface area contributed by atoms with E-state index in [-0.39, 0.29) is 80.3 Å². The molecule has 0 heterocycles. The van der Waals surface area contributed by atoms with Gasteiger partial charge in [-0.2, -0.15) is 0 Å². The van der Waals surface area contributed by atoms with Gasteiger partial charge in [0.1, 0.15) is 0 Å². The van der Waals surface area contributed by atoms with E-state index >= 15 is 0 Å². The molecule has 392 valence electrons. The molecule has 6 aromatic rings. The summed E-state index contributed by atoms with van der Waals surface area (Å²) in [7, 11) is 0. The molecule has 0 aliphatic heterocycles. The smallest absolute Gasteiger partial charge is 0 e. The molecule has 0 aromatic heterocycles. The van der Waals surface area contributed by atoms with Gasteiger partial charge in [-0.05, 0) is 129 Å². The van der Waals surface area contributed by atoms with E-state index in [0.717, 1.165) is 6.42 Å². The maximum absolute atomic E-state index is 2.24. The molecule has 6 aromatic carbocycles. The Morgan fingerprint density at radius 2 is 0.406 bits per heavy atom. The minimum atomic E-state index is 0. The van der Waals surface area contributed by atoms with Crippen LogP contribution in [-0.4, -0.2) is 0 Å². The third kappa shape index (κ3) is 53.2. The third-order valence-corrected chi connectivity index (χ3v) is 8.41. The molecule has 0 amide bonds. The Kier molecular flexibility index (Phi) is 111. The van der Waals surface area contributed by atoms with Crippen molar-refractivity contribution in [2.24, 2.45) is 0 Å². The SMILES string of the molecule is CC.CC.CC.CC.CC.CC.CC.CC.CC.CC.Cc1cc(C)c(C)cc1C.Cc1ccc(C)c(C)c1C.[CH3-].[CH3-].[Y].[Y].c1ccc(-c2ccccc2)cc1.c1ccc(Cc2ccccc2)cc1. The van der Waals surface area contributed by atoms with Gasteiger partial charge in [0.25, 0.3) is 0 Å². The second-order valence-electron chi connectivity index (χ2n) is 11.9. The summed E-state index contributed by atoms with van der Waals surface area (Å²) in [6.07, 6.45) is 1.03. The first-order chi connectivity index (χ1) is 31.7. The summed E-state index contributed by atoms with van der Waals surface area (Å²) in [5, 5.41) is 0. The van der Waals surface area contributed by atoms with Gasteiger partial charge in [0.2, 0.25) is 0 Å². The van der Waals surface area contributed by atoms with E-state index in [1.54, 1.807) is 0 Å². The van der Waals surface area contributed by atoms with Crippen LogP contribution in [0.5, 0.6) is 0 Å². The minimum Gasteiger partial charge on any atom is -0.358 e. The van der Waals surface area contributed by atoms with Gasteiger partial charge in [0.05, 0.1) is 0 Å². The topological polar surface area (TPSA) is 0 Å². The number of rotatable bonds is 3. The van der Waals surface area contributed by atoms with Crippen LogP contribution in [0.15, 0.2) is 146 Å². The van der Waals surface area contributed by atoms with Crippen molar-refractivity contribution < 1.29 is 65.4 Å². The molecule has 69 heavy (non-hydrogen) atoms. The average molecular weight is 1100 g/mol. The van der Waals surface area contributed by atoms with Crippen LogP contribution in [0.2, 0.25) is 0 Å². The number of hydrogen-bond acceptors (Lipinski definition) is 0. The van der Waals surface area contributed by atoms with Gasteiger partial charge in [-0.3, -0.25) is 0 Å². The van der Waals surface area contributed by atoms with Gasteiger partial charge in [-0.25, -0.2) is 0 Å². The van der Waals surface area contributed by atoms with Crippen molar-refractivity contribution in [2.75, 3.05) is 0 Å². The van der Waals surface area contributed by atoms with Gasteiger partial charge >= 0.3 is 0 Å². The van der Waals surface area contributed by atoms with Gasteiger partial charge in [0.15, 0.2) is 0 Å². The number of benzene rings is 6. The molecular weight excluding hydrogens is 983 g/mol. The molecule has 2 heteroatoms. The molecule has 0 atom stereocenters. The van der Waals surface area contributed by atoms with E-state index < -0.39 is 0 Å². The first-order valence-corrected chi connectivity index (χ1v) is 25.9. The fourth-order valence-corrected chi connectivity index (χ4v) is 4.88. The Morgan fingerprint density at radius 1 is 0.232 bits per heavy atom. The van der Waals surface area contributed by atoms with E-state index in [4.69, 9.17) is 0 Å². The maximum Gasteiger partial charge on any atom is 0 e. The zero-order chi connectivity index (χ0) is 52.6. The van der Waals surface area contributed by atoms with Gasteiger partial charge in [-0.1, -0.05) is 284 Å². The second-order valence-corrected chi connectivity index (χ2v) is 11.9. The van der Waals surface area contributed by atoms with Crippen molar-refractivity contribution in [1.29, 1.82) is 0 Å². The third-order valence-electron chi connectivity index (χ3n) is 8.41. The van der Waals surface area contributed by atoms with Crippen LogP contribution >= 0.6 is 0 Å².